The molecule has 1 unspecified atom stereocenters. The molecule has 1 atom stereocenters. The summed E-state index contributed by atoms with van der Waals surface area (Å²) in [4.78, 5) is 3.69. The van der Waals surface area contributed by atoms with Gasteiger partial charge in [-0.3, -0.25) is 0 Å². The second-order valence-electron chi connectivity index (χ2n) is 6.24. The molecule has 118 valence electrons. The Bertz CT molecular complexity index is 425. The lowest BCUT2D eigenvalue weighted by atomic mass is 10.2. The first-order valence-electron chi connectivity index (χ1n) is 7.86. The molecule has 0 saturated carbocycles. The first kappa shape index (κ1) is 16.8. The van der Waals surface area contributed by atoms with E-state index in [0.29, 0.717) is 12.0 Å². The summed E-state index contributed by atoms with van der Waals surface area (Å²) in [6.45, 7) is 9.46. The van der Waals surface area contributed by atoms with Crippen molar-refractivity contribution in [1.29, 1.82) is 0 Å². The first-order chi connectivity index (χ1) is 10.1. The van der Waals surface area contributed by atoms with E-state index < -0.39 is 0 Å². The van der Waals surface area contributed by atoms with Gasteiger partial charge in [0, 0.05) is 30.3 Å². The molecule has 0 aliphatic carbocycles. The number of thioether (sulfide) groups is 1. The van der Waals surface area contributed by atoms with Gasteiger partial charge in [0.1, 0.15) is 0 Å². The molecule has 0 aromatic heterocycles. The van der Waals surface area contributed by atoms with Crippen molar-refractivity contribution in [2.75, 3.05) is 39.0 Å². The number of likely N-dealkylation sites (N-methyl/N-ethyl adjacent to an activating group) is 1. The third kappa shape index (κ3) is 6.39. The van der Waals surface area contributed by atoms with Crippen molar-refractivity contribution in [3.63, 3.8) is 0 Å². The zero-order chi connectivity index (χ0) is 15.1. The zero-order valence-corrected chi connectivity index (χ0v) is 14.3. The maximum Gasteiger partial charge on any atom is 0.0796 e. The molecule has 2 rings (SSSR count). The molecule has 1 fully saturated rings. The molecule has 0 amide bonds. The maximum absolute atomic E-state index is 5.82. The first-order valence-corrected chi connectivity index (χ1v) is 8.84. The van der Waals surface area contributed by atoms with E-state index >= 15 is 0 Å². The van der Waals surface area contributed by atoms with Crippen molar-refractivity contribution < 1.29 is 4.74 Å². The van der Waals surface area contributed by atoms with Gasteiger partial charge in [0.2, 0.25) is 0 Å². The van der Waals surface area contributed by atoms with Crippen molar-refractivity contribution in [2.24, 2.45) is 5.92 Å². The predicted molar refractivity (Wildman–Crippen MR) is 90.9 cm³/mol. The van der Waals surface area contributed by atoms with Crippen LogP contribution in [-0.2, 0) is 11.3 Å². The highest BCUT2D eigenvalue weighted by atomic mass is 32.2. The molecule has 1 aliphatic heterocycles. The molecule has 1 N–H and O–H groups in total. The summed E-state index contributed by atoms with van der Waals surface area (Å²) in [6, 6.07) is 8.85. The van der Waals surface area contributed by atoms with Crippen LogP contribution in [0.15, 0.2) is 29.2 Å². The van der Waals surface area contributed by atoms with Crippen molar-refractivity contribution in [3.05, 3.63) is 29.8 Å². The molecule has 1 heterocycles. The largest absolute Gasteiger partial charge is 0.375 e. The van der Waals surface area contributed by atoms with Gasteiger partial charge in [0.15, 0.2) is 0 Å². The number of benzene rings is 1. The number of nitrogens with zero attached hydrogens (tertiary/aromatic N) is 1. The van der Waals surface area contributed by atoms with Crippen LogP contribution in [0.1, 0.15) is 19.4 Å². The van der Waals surface area contributed by atoms with Crippen molar-refractivity contribution >= 4 is 11.8 Å². The van der Waals surface area contributed by atoms with E-state index in [1.165, 1.54) is 10.5 Å². The molecule has 0 bridgehead atoms. The zero-order valence-electron chi connectivity index (χ0n) is 13.5. The van der Waals surface area contributed by atoms with Gasteiger partial charge in [-0.15, -0.1) is 11.8 Å². The number of morpholine rings is 1. The molecule has 0 spiro atoms. The maximum atomic E-state index is 5.82. The molecule has 4 heteroatoms. The van der Waals surface area contributed by atoms with E-state index in [1.54, 1.807) is 0 Å². The van der Waals surface area contributed by atoms with Gasteiger partial charge >= 0.3 is 0 Å². The minimum Gasteiger partial charge on any atom is -0.375 e. The molecule has 1 aliphatic rings. The normalized spacial score (nSPS) is 20.1. The summed E-state index contributed by atoms with van der Waals surface area (Å²) < 4.78 is 5.82. The van der Waals surface area contributed by atoms with Gasteiger partial charge in [-0.1, -0.05) is 26.0 Å². The smallest absolute Gasteiger partial charge is 0.0796 e. The van der Waals surface area contributed by atoms with Crippen molar-refractivity contribution in [1.82, 2.24) is 10.2 Å². The number of ether oxygens (including phenoxy) is 1. The summed E-state index contributed by atoms with van der Waals surface area (Å²) in [6.07, 6.45) is 0.358. The van der Waals surface area contributed by atoms with Gasteiger partial charge in [-0.2, -0.15) is 0 Å². The second-order valence-corrected chi connectivity index (χ2v) is 7.33. The molecule has 1 saturated heterocycles. The summed E-state index contributed by atoms with van der Waals surface area (Å²) >= 11 is 1.90. The average molecular weight is 308 g/mol. The van der Waals surface area contributed by atoms with E-state index in [-0.39, 0.29) is 0 Å². The van der Waals surface area contributed by atoms with E-state index in [1.807, 2.05) is 11.8 Å². The highest BCUT2D eigenvalue weighted by Crippen LogP contribution is 2.22. The molecule has 1 aromatic carbocycles. The fourth-order valence-electron chi connectivity index (χ4n) is 2.41. The predicted octanol–water partition coefficient (Wildman–Crippen LogP) is 2.85. The Kier molecular flexibility index (Phi) is 7.04. The third-order valence-electron chi connectivity index (χ3n) is 3.56. The molecular weight excluding hydrogens is 280 g/mol. The van der Waals surface area contributed by atoms with E-state index in [0.717, 1.165) is 38.5 Å². The number of hydrogen-bond acceptors (Lipinski definition) is 4. The van der Waals surface area contributed by atoms with Crippen molar-refractivity contribution in [3.8, 4) is 0 Å². The summed E-state index contributed by atoms with van der Waals surface area (Å²) in [5.74, 6) is 1.73. The Balaban J connectivity index is 1.77. The van der Waals surface area contributed by atoms with Crippen LogP contribution in [0.2, 0.25) is 0 Å². The van der Waals surface area contributed by atoms with Crippen LogP contribution >= 0.6 is 11.8 Å². The lowest BCUT2D eigenvalue weighted by molar-refractivity contribution is -0.00598. The van der Waals surface area contributed by atoms with Crippen LogP contribution in [0.5, 0.6) is 0 Å². The van der Waals surface area contributed by atoms with Gasteiger partial charge in [-0.25, -0.2) is 0 Å². The second kappa shape index (κ2) is 8.79. The average Bonchev–Trinajstić information content (AvgIpc) is 2.45. The lowest BCUT2D eigenvalue weighted by Crippen LogP contribution is -2.41. The summed E-state index contributed by atoms with van der Waals surface area (Å²) in [7, 11) is 2.17. The molecule has 3 nitrogen and oxygen atoms in total. The van der Waals surface area contributed by atoms with Crippen molar-refractivity contribution in [2.45, 2.75) is 31.4 Å². The molecule has 21 heavy (non-hydrogen) atoms. The quantitative estimate of drug-likeness (QED) is 0.783. The minimum absolute atomic E-state index is 0.358. The minimum atomic E-state index is 0.358. The highest BCUT2D eigenvalue weighted by Gasteiger charge is 2.17. The molecule has 1 aromatic rings. The van der Waals surface area contributed by atoms with Crippen LogP contribution in [0, 0.1) is 5.92 Å². The number of rotatable bonds is 7. The molecule has 0 radical (unpaired) electrons. The Labute approximate surface area is 133 Å². The Hall–Kier alpha value is -0.550. The Morgan fingerprint density at radius 1 is 1.43 bits per heavy atom. The van der Waals surface area contributed by atoms with E-state index in [2.05, 4.69) is 55.4 Å². The van der Waals surface area contributed by atoms with Gasteiger partial charge in [0.25, 0.3) is 0 Å². The highest BCUT2D eigenvalue weighted by molar-refractivity contribution is 7.99. The third-order valence-corrected chi connectivity index (χ3v) is 4.68. The van der Waals surface area contributed by atoms with Gasteiger partial charge in [-0.05, 0) is 37.2 Å². The SMILES string of the molecule is CC(C)CNCc1cccc(SCC2CN(C)CCO2)c1. The van der Waals surface area contributed by atoms with Gasteiger partial charge < -0.3 is 15.0 Å². The topological polar surface area (TPSA) is 24.5 Å². The Morgan fingerprint density at radius 2 is 2.29 bits per heavy atom. The van der Waals surface area contributed by atoms with Crippen LogP contribution in [0.4, 0.5) is 0 Å². The van der Waals surface area contributed by atoms with Crippen LogP contribution in [0.3, 0.4) is 0 Å². The fourth-order valence-corrected chi connectivity index (χ4v) is 3.40. The van der Waals surface area contributed by atoms with E-state index in [9.17, 15) is 0 Å². The van der Waals surface area contributed by atoms with E-state index in [4.69, 9.17) is 4.74 Å². The lowest BCUT2D eigenvalue weighted by Gasteiger charge is -2.29. The fraction of sp³-hybridized carbons (Fsp3) is 0.647. The standard InChI is InChI=1S/C17H28N2OS/c1-14(2)10-18-11-15-5-4-6-17(9-15)21-13-16-12-19(3)7-8-20-16/h4-6,9,14,16,18H,7-8,10-13H2,1-3H3. The number of hydrogen-bond donors (Lipinski definition) is 1. The van der Waals surface area contributed by atoms with Crippen LogP contribution in [0.25, 0.3) is 0 Å². The Morgan fingerprint density at radius 3 is 3.05 bits per heavy atom. The summed E-state index contributed by atoms with van der Waals surface area (Å²) in [5.41, 5.74) is 1.36. The van der Waals surface area contributed by atoms with Crippen LogP contribution in [-0.4, -0.2) is 50.0 Å². The van der Waals surface area contributed by atoms with Gasteiger partial charge in [0.05, 0.1) is 12.7 Å². The number of nitrogens with one attached hydrogen (secondary N) is 1. The van der Waals surface area contributed by atoms with Crippen LogP contribution < -0.4 is 5.32 Å². The monoisotopic (exact) mass is 308 g/mol. The summed E-state index contributed by atoms with van der Waals surface area (Å²) in [5, 5.41) is 3.50. The molecular formula is C17H28N2OS.